The van der Waals surface area contributed by atoms with Gasteiger partial charge in [0.25, 0.3) is 0 Å². The van der Waals surface area contributed by atoms with Crippen LogP contribution in [-0.4, -0.2) is 6.61 Å². The zero-order chi connectivity index (χ0) is 8.15. The van der Waals surface area contributed by atoms with Crippen LogP contribution in [0.2, 0.25) is 0 Å². The maximum absolute atomic E-state index is 5.48. The highest BCUT2D eigenvalue weighted by atomic mass is 16.5. The molecule has 0 aliphatic heterocycles. The van der Waals surface area contributed by atoms with E-state index in [0.29, 0.717) is 23.8 Å². The third-order valence-corrected chi connectivity index (χ3v) is 1.04. The van der Waals surface area contributed by atoms with E-state index < -0.39 is 0 Å². The molecule has 0 aromatic heterocycles. The molecule has 4 N–H and O–H groups in total. The number of rotatable bonds is 3. The van der Waals surface area contributed by atoms with Crippen molar-refractivity contribution >= 4 is 0 Å². The molecule has 58 valence electrons. The molecule has 10 heavy (non-hydrogen) atoms. The molecule has 0 amide bonds. The lowest BCUT2D eigenvalue weighted by Crippen LogP contribution is -2.10. The van der Waals surface area contributed by atoms with Crippen LogP contribution in [0, 0.1) is 0 Å². The van der Waals surface area contributed by atoms with Gasteiger partial charge in [0.2, 0.25) is 0 Å². The Bertz CT molecular complexity index is 157. The molecule has 0 fully saturated rings. The molecule has 0 aliphatic carbocycles. The Labute approximate surface area is 61.3 Å². The standard InChI is InChI=1S/C7H14N2O/c1-4-10-6(3)7(9)5(2)8/h3-4,8-9H2,1-2H3/b7-5-. The van der Waals surface area contributed by atoms with E-state index in [1.54, 1.807) is 6.92 Å². The van der Waals surface area contributed by atoms with Crippen molar-refractivity contribution in [2.24, 2.45) is 11.5 Å². The Morgan fingerprint density at radius 2 is 2.00 bits per heavy atom. The first-order valence-electron chi connectivity index (χ1n) is 3.13. The summed E-state index contributed by atoms with van der Waals surface area (Å²) in [6.45, 7) is 7.72. The van der Waals surface area contributed by atoms with Crippen molar-refractivity contribution in [3.8, 4) is 0 Å². The van der Waals surface area contributed by atoms with Gasteiger partial charge in [-0.05, 0) is 13.8 Å². The molecule has 0 unspecified atom stereocenters. The van der Waals surface area contributed by atoms with Crippen molar-refractivity contribution < 1.29 is 4.74 Å². The van der Waals surface area contributed by atoms with Gasteiger partial charge >= 0.3 is 0 Å². The van der Waals surface area contributed by atoms with E-state index in [1.165, 1.54) is 0 Å². The summed E-state index contributed by atoms with van der Waals surface area (Å²) in [5.41, 5.74) is 11.8. The van der Waals surface area contributed by atoms with Gasteiger partial charge in [0.1, 0.15) is 5.76 Å². The topological polar surface area (TPSA) is 61.3 Å². The molecule has 0 aromatic rings. The van der Waals surface area contributed by atoms with Gasteiger partial charge in [-0.1, -0.05) is 6.58 Å². The van der Waals surface area contributed by atoms with Crippen molar-refractivity contribution in [3.63, 3.8) is 0 Å². The first-order chi connectivity index (χ1) is 4.59. The fraction of sp³-hybridized carbons (Fsp3) is 0.429. The Morgan fingerprint density at radius 1 is 1.50 bits per heavy atom. The minimum absolute atomic E-state index is 0.432. The van der Waals surface area contributed by atoms with Gasteiger partial charge in [0.15, 0.2) is 0 Å². The van der Waals surface area contributed by atoms with Crippen LogP contribution in [0.25, 0.3) is 0 Å². The highest BCUT2D eigenvalue weighted by molar-refractivity contribution is 5.23. The lowest BCUT2D eigenvalue weighted by molar-refractivity contribution is 0.238. The van der Waals surface area contributed by atoms with Gasteiger partial charge in [-0.3, -0.25) is 0 Å². The largest absolute Gasteiger partial charge is 0.492 e. The molecule has 0 spiro atoms. The summed E-state index contributed by atoms with van der Waals surface area (Å²) in [7, 11) is 0. The number of ether oxygens (including phenoxy) is 1. The molecule has 0 saturated carbocycles. The van der Waals surface area contributed by atoms with Crippen molar-refractivity contribution in [1.82, 2.24) is 0 Å². The van der Waals surface area contributed by atoms with Crippen LogP contribution in [0.5, 0.6) is 0 Å². The SMILES string of the molecule is C=C(OCC)/C(N)=C(\C)N. The molecular formula is C7H14N2O. The quantitative estimate of drug-likeness (QED) is 0.450. The predicted octanol–water partition coefficient (Wildman–Crippen LogP) is 0.685. The summed E-state index contributed by atoms with van der Waals surface area (Å²) in [6, 6.07) is 0. The molecule has 0 radical (unpaired) electrons. The number of nitrogens with two attached hydrogens (primary N) is 2. The molecule has 0 aromatic carbocycles. The van der Waals surface area contributed by atoms with Crippen LogP contribution < -0.4 is 11.5 Å². The molecule has 0 aliphatic rings. The fourth-order valence-corrected chi connectivity index (χ4v) is 0.472. The van der Waals surface area contributed by atoms with Crippen LogP contribution in [-0.2, 0) is 4.74 Å². The van der Waals surface area contributed by atoms with E-state index in [9.17, 15) is 0 Å². The van der Waals surface area contributed by atoms with E-state index >= 15 is 0 Å². The van der Waals surface area contributed by atoms with Gasteiger partial charge in [-0.2, -0.15) is 0 Å². The lowest BCUT2D eigenvalue weighted by atomic mass is 10.3. The Morgan fingerprint density at radius 3 is 2.30 bits per heavy atom. The van der Waals surface area contributed by atoms with Gasteiger partial charge in [-0.25, -0.2) is 0 Å². The number of hydrogen-bond acceptors (Lipinski definition) is 3. The first kappa shape index (κ1) is 8.88. The summed E-state index contributed by atoms with van der Waals surface area (Å²) in [4.78, 5) is 0. The molecule has 0 rings (SSSR count). The molecule has 0 atom stereocenters. The second-order valence-corrected chi connectivity index (χ2v) is 1.95. The summed E-state index contributed by atoms with van der Waals surface area (Å²) in [6.07, 6.45) is 0. The average Bonchev–Trinajstić information content (AvgIpc) is 1.87. The summed E-state index contributed by atoms with van der Waals surface area (Å²) < 4.78 is 5.01. The van der Waals surface area contributed by atoms with E-state index in [1.807, 2.05) is 6.92 Å². The minimum Gasteiger partial charge on any atom is -0.492 e. The minimum atomic E-state index is 0.432. The van der Waals surface area contributed by atoms with Crippen molar-refractivity contribution in [2.45, 2.75) is 13.8 Å². The molecule has 0 bridgehead atoms. The van der Waals surface area contributed by atoms with Crippen molar-refractivity contribution in [1.29, 1.82) is 0 Å². The summed E-state index contributed by atoms with van der Waals surface area (Å²) in [5.74, 6) is 0.447. The first-order valence-corrected chi connectivity index (χ1v) is 3.13. The number of allylic oxidation sites excluding steroid dienone is 1. The Kier molecular flexibility index (Phi) is 3.39. The smallest absolute Gasteiger partial charge is 0.136 e. The second-order valence-electron chi connectivity index (χ2n) is 1.95. The zero-order valence-electron chi connectivity index (χ0n) is 6.48. The van der Waals surface area contributed by atoms with Crippen LogP contribution in [0.3, 0.4) is 0 Å². The van der Waals surface area contributed by atoms with Gasteiger partial charge in [0.05, 0.1) is 12.3 Å². The second kappa shape index (κ2) is 3.82. The molecule has 0 heterocycles. The van der Waals surface area contributed by atoms with E-state index in [4.69, 9.17) is 16.2 Å². The van der Waals surface area contributed by atoms with Crippen LogP contribution in [0.4, 0.5) is 0 Å². The fourth-order valence-electron chi connectivity index (χ4n) is 0.472. The average molecular weight is 142 g/mol. The van der Waals surface area contributed by atoms with Gasteiger partial charge in [-0.15, -0.1) is 0 Å². The number of hydrogen-bond donors (Lipinski definition) is 2. The van der Waals surface area contributed by atoms with Crippen LogP contribution in [0.1, 0.15) is 13.8 Å². The maximum atomic E-state index is 5.48. The molecule has 3 nitrogen and oxygen atoms in total. The highest BCUT2D eigenvalue weighted by Crippen LogP contribution is 2.03. The lowest BCUT2D eigenvalue weighted by Gasteiger charge is -2.07. The summed E-state index contributed by atoms with van der Waals surface area (Å²) in [5, 5.41) is 0. The van der Waals surface area contributed by atoms with Gasteiger partial charge < -0.3 is 16.2 Å². The van der Waals surface area contributed by atoms with E-state index in [-0.39, 0.29) is 0 Å². The third kappa shape index (κ3) is 2.44. The summed E-state index contributed by atoms with van der Waals surface area (Å²) >= 11 is 0. The highest BCUT2D eigenvalue weighted by Gasteiger charge is 1.98. The molecule has 0 saturated heterocycles. The normalized spacial score (nSPS) is 12.2. The zero-order valence-corrected chi connectivity index (χ0v) is 6.48. The predicted molar refractivity (Wildman–Crippen MR) is 41.8 cm³/mol. The molecule has 3 heteroatoms. The maximum Gasteiger partial charge on any atom is 0.136 e. The third-order valence-electron chi connectivity index (χ3n) is 1.04. The van der Waals surface area contributed by atoms with Crippen molar-refractivity contribution in [2.75, 3.05) is 6.61 Å². The van der Waals surface area contributed by atoms with Crippen molar-refractivity contribution in [3.05, 3.63) is 23.7 Å². The Balaban J connectivity index is 4.09. The van der Waals surface area contributed by atoms with E-state index in [0.717, 1.165) is 0 Å². The monoisotopic (exact) mass is 142 g/mol. The van der Waals surface area contributed by atoms with Crippen LogP contribution in [0.15, 0.2) is 23.7 Å². The Hall–Kier alpha value is -1.12. The molecular weight excluding hydrogens is 128 g/mol. The van der Waals surface area contributed by atoms with Crippen LogP contribution >= 0.6 is 0 Å². The van der Waals surface area contributed by atoms with E-state index in [2.05, 4.69) is 6.58 Å². The van der Waals surface area contributed by atoms with Gasteiger partial charge in [0, 0.05) is 5.70 Å².